The molecule has 1 aromatic heterocycles. The highest BCUT2D eigenvalue weighted by Gasteiger charge is 2.24. The van der Waals surface area contributed by atoms with Gasteiger partial charge in [-0.25, -0.2) is 0 Å². The molecule has 0 bridgehead atoms. The van der Waals surface area contributed by atoms with Gasteiger partial charge in [0, 0.05) is 23.0 Å². The third kappa shape index (κ3) is 2.25. The maximum Gasteiger partial charge on any atom is 0.116 e. The minimum absolute atomic E-state index is 0.339. The van der Waals surface area contributed by atoms with E-state index in [9.17, 15) is 5.11 Å². The number of aryl methyl sites for hydroxylation is 2. The zero-order valence-electron chi connectivity index (χ0n) is 13.9. The van der Waals surface area contributed by atoms with E-state index in [2.05, 4.69) is 65.2 Å². The maximum absolute atomic E-state index is 10.0. The Hall–Kier alpha value is -3.00. The molecule has 2 heteroatoms. The molecule has 0 fully saturated rings. The molecule has 1 aliphatic rings. The molecule has 0 atom stereocenters. The van der Waals surface area contributed by atoms with Gasteiger partial charge in [-0.15, -0.1) is 0 Å². The summed E-state index contributed by atoms with van der Waals surface area (Å²) in [5, 5.41) is 11.2. The van der Waals surface area contributed by atoms with E-state index in [-0.39, 0.29) is 0 Å². The zero-order chi connectivity index (χ0) is 16.8. The van der Waals surface area contributed by atoms with Crippen molar-refractivity contribution in [2.45, 2.75) is 19.4 Å². The summed E-state index contributed by atoms with van der Waals surface area (Å²) in [6.07, 6.45) is 2.08. The van der Waals surface area contributed by atoms with Crippen LogP contribution in [0.4, 0.5) is 0 Å². The van der Waals surface area contributed by atoms with Crippen molar-refractivity contribution in [3.8, 4) is 17.0 Å². The Morgan fingerprint density at radius 3 is 2.52 bits per heavy atom. The molecule has 3 aromatic carbocycles. The number of aromatic nitrogens is 1. The molecular formula is C23H19NO. The predicted molar refractivity (Wildman–Crippen MR) is 102 cm³/mol. The van der Waals surface area contributed by atoms with Crippen molar-refractivity contribution in [1.29, 1.82) is 0 Å². The fraction of sp³-hybridized carbons (Fsp3) is 0.130. The molecule has 0 saturated heterocycles. The number of hydrogen-bond acceptors (Lipinski definition) is 1. The van der Waals surface area contributed by atoms with Crippen LogP contribution in [0.25, 0.3) is 22.2 Å². The summed E-state index contributed by atoms with van der Waals surface area (Å²) in [5.74, 6) is 0.339. The number of hydrogen-bond donors (Lipinski definition) is 1. The van der Waals surface area contributed by atoms with E-state index in [1.54, 1.807) is 6.07 Å². The number of benzene rings is 3. The Kier molecular flexibility index (Phi) is 3.17. The Morgan fingerprint density at radius 1 is 0.840 bits per heavy atom. The van der Waals surface area contributed by atoms with Gasteiger partial charge in [0.05, 0.1) is 5.69 Å². The standard InChI is InChI=1S/C23H19NO/c25-18-11-13-22-21(14-18)20-12-10-17-8-4-5-9-19(17)23(20)24(22)15-16-6-2-1-3-7-16/h1-9,11,13-14,25H,10,12,15H2. The molecular weight excluding hydrogens is 306 g/mol. The third-order valence-electron chi connectivity index (χ3n) is 5.25. The van der Waals surface area contributed by atoms with Gasteiger partial charge in [-0.1, -0.05) is 54.6 Å². The average Bonchev–Trinajstić information content (AvgIpc) is 2.96. The molecule has 0 unspecified atom stereocenters. The molecule has 4 aromatic rings. The van der Waals surface area contributed by atoms with E-state index in [1.807, 2.05) is 6.07 Å². The smallest absolute Gasteiger partial charge is 0.116 e. The topological polar surface area (TPSA) is 25.2 Å². The minimum Gasteiger partial charge on any atom is -0.508 e. The lowest BCUT2D eigenvalue weighted by molar-refractivity contribution is 0.476. The first-order chi connectivity index (χ1) is 12.3. The second-order valence-corrected chi connectivity index (χ2v) is 6.76. The first kappa shape index (κ1) is 14.4. The number of aromatic hydroxyl groups is 1. The van der Waals surface area contributed by atoms with Crippen LogP contribution in [-0.4, -0.2) is 9.67 Å². The molecule has 2 nitrogen and oxygen atoms in total. The van der Waals surface area contributed by atoms with Crippen LogP contribution in [-0.2, 0) is 19.4 Å². The Bertz CT molecular complexity index is 1080. The second kappa shape index (κ2) is 5.52. The fourth-order valence-electron chi connectivity index (χ4n) is 4.13. The van der Waals surface area contributed by atoms with Crippen molar-refractivity contribution < 1.29 is 5.11 Å². The van der Waals surface area contributed by atoms with Crippen molar-refractivity contribution in [1.82, 2.24) is 4.57 Å². The lowest BCUT2D eigenvalue weighted by atomic mass is 9.89. The predicted octanol–water partition coefficient (Wildman–Crippen LogP) is 5.16. The van der Waals surface area contributed by atoms with Crippen molar-refractivity contribution in [3.63, 3.8) is 0 Å². The number of fused-ring (bicyclic) bond motifs is 5. The Morgan fingerprint density at radius 2 is 1.64 bits per heavy atom. The van der Waals surface area contributed by atoms with Gasteiger partial charge in [0.2, 0.25) is 0 Å². The summed E-state index contributed by atoms with van der Waals surface area (Å²) in [4.78, 5) is 0. The highest BCUT2D eigenvalue weighted by atomic mass is 16.3. The number of nitrogens with zero attached hydrogens (tertiary/aromatic N) is 1. The fourth-order valence-corrected chi connectivity index (χ4v) is 4.13. The van der Waals surface area contributed by atoms with Gasteiger partial charge in [-0.3, -0.25) is 0 Å². The van der Waals surface area contributed by atoms with Gasteiger partial charge in [0.25, 0.3) is 0 Å². The number of rotatable bonds is 2. The van der Waals surface area contributed by atoms with Gasteiger partial charge >= 0.3 is 0 Å². The highest BCUT2D eigenvalue weighted by molar-refractivity contribution is 5.94. The van der Waals surface area contributed by atoms with E-state index >= 15 is 0 Å². The SMILES string of the molecule is Oc1ccc2c(c1)c1c(n2Cc2ccccc2)-c2ccccc2CC1. The average molecular weight is 325 g/mol. The third-order valence-corrected chi connectivity index (χ3v) is 5.25. The van der Waals surface area contributed by atoms with Crippen molar-refractivity contribution in [2.24, 2.45) is 0 Å². The van der Waals surface area contributed by atoms with Crippen LogP contribution in [0.3, 0.4) is 0 Å². The Labute approximate surface area is 147 Å². The quantitative estimate of drug-likeness (QED) is 0.541. The highest BCUT2D eigenvalue weighted by Crippen LogP contribution is 2.41. The van der Waals surface area contributed by atoms with Crippen LogP contribution in [0.2, 0.25) is 0 Å². The van der Waals surface area contributed by atoms with Crippen LogP contribution in [0, 0.1) is 0 Å². The largest absolute Gasteiger partial charge is 0.508 e. The van der Waals surface area contributed by atoms with E-state index in [4.69, 9.17) is 0 Å². The first-order valence-electron chi connectivity index (χ1n) is 8.77. The van der Waals surface area contributed by atoms with Crippen LogP contribution < -0.4 is 0 Å². The maximum atomic E-state index is 10.0. The zero-order valence-corrected chi connectivity index (χ0v) is 13.9. The molecule has 1 N–H and O–H groups in total. The molecule has 0 saturated carbocycles. The summed E-state index contributed by atoms with van der Waals surface area (Å²) >= 11 is 0. The van der Waals surface area contributed by atoms with Crippen LogP contribution in [0.5, 0.6) is 5.75 Å². The van der Waals surface area contributed by atoms with Crippen LogP contribution >= 0.6 is 0 Å². The van der Waals surface area contributed by atoms with Crippen LogP contribution in [0.1, 0.15) is 16.7 Å². The number of phenols is 1. The monoisotopic (exact) mass is 325 g/mol. The van der Waals surface area contributed by atoms with Crippen molar-refractivity contribution >= 4 is 10.9 Å². The normalized spacial score (nSPS) is 12.8. The van der Waals surface area contributed by atoms with E-state index < -0.39 is 0 Å². The van der Waals surface area contributed by atoms with Gasteiger partial charge in [-0.2, -0.15) is 0 Å². The first-order valence-corrected chi connectivity index (χ1v) is 8.77. The summed E-state index contributed by atoms with van der Waals surface area (Å²) in [5.41, 5.74) is 7.90. The van der Waals surface area contributed by atoms with E-state index in [0.29, 0.717) is 5.75 Å². The Balaban J connectivity index is 1.81. The summed E-state index contributed by atoms with van der Waals surface area (Å²) in [6.45, 7) is 0.839. The molecule has 0 amide bonds. The molecule has 0 aliphatic heterocycles. The van der Waals surface area contributed by atoms with Gasteiger partial charge in [-0.05, 0) is 47.7 Å². The number of phenolic OH excluding ortho intramolecular Hbond substituents is 1. The van der Waals surface area contributed by atoms with Crippen LogP contribution in [0.15, 0.2) is 72.8 Å². The molecule has 25 heavy (non-hydrogen) atoms. The van der Waals surface area contributed by atoms with Crippen molar-refractivity contribution in [3.05, 3.63) is 89.5 Å². The minimum atomic E-state index is 0.339. The van der Waals surface area contributed by atoms with Gasteiger partial charge in [0.1, 0.15) is 5.75 Å². The molecule has 1 aliphatic carbocycles. The summed E-state index contributed by atoms with van der Waals surface area (Å²) in [7, 11) is 0. The lowest BCUT2D eigenvalue weighted by Gasteiger charge is -2.20. The van der Waals surface area contributed by atoms with Crippen molar-refractivity contribution in [2.75, 3.05) is 0 Å². The molecule has 122 valence electrons. The molecule has 5 rings (SSSR count). The van der Waals surface area contributed by atoms with E-state index in [0.717, 1.165) is 19.4 Å². The summed E-state index contributed by atoms with van der Waals surface area (Å²) < 4.78 is 2.41. The molecule has 0 spiro atoms. The molecule has 0 radical (unpaired) electrons. The van der Waals surface area contributed by atoms with Gasteiger partial charge < -0.3 is 9.67 Å². The second-order valence-electron chi connectivity index (χ2n) is 6.76. The van der Waals surface area contributed by atoms with E-state index in [1.165, 1.54) is 38.9 Å². The van der Waals surface area contributed by atoms with Gasteiger partial charge in [0.15, 0.2) is 0 Å². The summed E-state index contributed by atoms with van der Waals surface area (Å²) in [6, 6.07) is 25.1. The lowest BCUT2D eigenvalue weighted by Crippen LogP contribution is -2.08. The molecule has 1 heterocycles.